The Morgan fingerprint density at radius 1 is 1.07 bits per heavy atom. The second-order valence-corrected chi connectivity index (χ2v) is 8.77. The molecule has 0 radical (unpaired) electrons. The van der Waals surface area contributed by atoms with Crippen LogP contribution in [0, 0.1) is 6.92 Å². The van der Waals surface area contributed by atoms with Gasteiger partial charge in [-0.05, 0) is 56.4 Å². The van der Waals surface area contributed by atoms with Crippen LogP contribution in [-0.2, 0) is 16.6 Å². The molecule has 0 aromatic heterocycles. The summed E-state index contributed by atoms with van der Waals surface area (Å²) in [5, 5.41) is 2.86. The van der Waals surface area contributed by atoms with E-state index in [9.17, 15) is 13.2 Å². The van der Waals surface area contributed by atoms with E-state index in [0.717, 1.165) is 17.7 Å². The number of rotatable bonds is 8. The van der Waals surface area contributed by atoms with Crippen molar-refractivity contribution >= 4 is 21.6 Å². The Morgan fingerprint density at radius 3 is 2.30 bits per heavy atom. The van der Waals surface area contributed by atoms with Gasteiger partial charge in [-0.1, -0.05) is 24.3 Å². The van der Waals surface area contributed by atoms with Gasteiger partial charge in [0.05, 0.1) is 18.5 Å². The number of amides is 1. The summed E-state index contributed by atoms with van der Waals surface area (Å²) in [5.41, 5.74) is 2.99. The predicted molar refractivity (Wildman–Crippen MR) is 110 cm³/mol. The van der Waals surface area contributed by atoms with Gasteiger partial charge in [0.15, 0.2) is 0 Å². The van der Waals surface area contributed by atoms with Gasteiger partial charge in [-0.3, -0.25) is 9.10 Å². The minimum Gasteiger partial charge on any atom is -0.351 e. The van der Waals surface area contributed by atoms with Crippen LogP contribution in [0.5, 0.6) is 0 Å². The lowest BCUT2D eigenvalue weighted by Crippen LogP contribution is -2.31. The van der Waals surface area contributed by atoms with E-state index < -0.39 is 10.0 Å². The van der Waals surface area contributed by atoms with Crippen molar-refractivity contribution in [2.24, 2.45) is 0 Å². The highest BCUT2D eigenvalue weighted by molar-refractivity contribution is 7.92. The van der Waals surface area contributed by atoms with Crippen LogP contribution in [0.3, 0.4) is 0 Å². The van der Waals surface area contributed by atoms with Crippen molar-refractivity contribution in [3.8, 4) is 0 Å². The molecule has 0 atom stereocenters. The largest absolute Gasteiger partial charge is 0.351 e. The zero-order valence-corrected chi connectivity index (χ0v) is 17.1. The molecule has 0 saturated heterocycles. The Morgan fingerprint density at radius 2 is 1.74 bits per heavy atom. The Kier molecular flexibility index (Phi) is 6.98. The lowest BCUT2D eigenvalue weighted by molar-refractivity contribution is 0.0951. The van der Waals surface area contributed by atoms with E-state index in [2.05, 4.69) is 5.32 Å². The highest BCUT2D eigenvalue weighted by atomic mass is 32.2. The summed E-state index contributed by atoms with van der Waals surface area (Å²) in [4.78, 5) is 14.1. The van der Waals surface area contributed by atoms with E-state index in [1.165, 1.54) is 10.6 Å². The van der Waals surface area contributed by atoms with Crippen molar-refractivity contribution in [2.45, 2.75) is 13.5 Å². The number of carbonyl (C=O) groups excluding carboxylic acids is 1. The molecule has 2 rings (SSSR count). The van der Waals surface area contributed by atoms with Crippen LogP contribution >= 0.6 is 0 Å². The normalized spacial score (nSPS) is 11.4. The Hall–Kier alpha value is -2.38. The molecule has 1 N–H and O–H groups in total. The number of hydrogen-bond acceptors (Lipinski definition) is 4. The van der Waals surface area contributed by atoms with E-state index in [1.807, 2.05) is 44.1 Å². The first-order valence-electron chi connectivity index (χ1n) is 8.73. The van der Waals surface area contributed by atoms with Gasteiger partial charge in [0, 0.05) is 18.7 Å². The summed E-state index contributed by atoms with van der Waals surface area (Å²) in [6, 6.07) is 14.4. The monoisotopic (exact) mass is 389 g/mol. The van der Waals surface area contributed by atoms with E-state index in [4.69, 9.17) is 0 Å². The summed E-state index contributed by atoms with van der Waals surface area (Å²) in [5.74, 6) is -0.137. The van der Waals surface area contributed by atoms with E-state index in [0.29, 0.717) is 17.8 Å². The highest BCUT2D eigenvalue weighted by Gasteiger charge is 2.18. The molecule has 0 heterocycles. The number of carbonyl (C=O) groups is 1. The third-order valence-electron chi connectivity index (χ3n) is 4.08. The minimum atomic E-state index is -3.43. The molecule has 27 heavy (non-hydrogen) atoms. The molecule has 1 amide bonds. The van der Waals surface area contributed by atoms with Gasteiger partial charge in [0.25, 0.3) is 5.91 Å². The maximum absolute atomic E-state index is 12.3. The fourth-order valence-corrected chi connectivity index (χ4v) is 3.49. The van der Waals surface area contributed by atoms with Crippen LogP contribution in [-0.4, -0.2) is 52.7 Å². The molecule has 0 aliphatic heterocycles. The average molecular weight is 390 g/mol. The first-order chi connectivity index (χ1) is 12.7. The molecule has 2 aromatic carbocycles. The van der Waals surface area contributed by atoms with Gasteiger partial charge < -0.3 is 10.2 Å². The lowest BCUT2D eigenvalue weighted by atomic mass is 10.1. The van der Waals surface area contributed by atoms with Crippen LogP contribution in [0.25, 0.3) is 0 Å². The van der Waals surface area contributed by atoms with E-state index >= 15 is 0 Å². The van der Waals surface area contributed by atoms with Crippen molar-refractivity contribution in [3.63, 3.8) is 0 Å². The number of benzene rings is 2. The molecule has 0 spiro atoms. The molecule has 0 aliphatic rings. The summed E-state index contributed by atoms with van der Waals surface area (Å²) in [7, 11) is 0.464. The van der Waals surface area contributed by atoms with Crippen LogP contribution in [0.2, 0.25) is 0 Å². The van der Waals surface area contributed by atoms with E-state index in [-0.39, 0.29) is 12.5 Å². The molecule has 2 aromatic rings. The van der Waals surface area contributed by atoms with Crippen molar-refractivity contribution in [3.05, 3.63) is 65.2 Å². The van der Waals surface area contributed by atoms with Crippen LogP contribution in [0.15, 0.2) is 48.5 Å². The number of likely N-dealkylation sites (N-methyl/N-ethyl adjacent to an activating group) is 1. The fourth-order valence-electron chi connectivity index (χ4n) is 2.61. The summed E-state index contributed by atoms with van der Waals surface area (Å²) >= 11 is 0. The summed E-state index contributed by atoms with van der Waals surface area (Å²) in [6.45, 7) is 3.48. The van der Waals surface area contributed by atoms with Crippen molar-refractivity contribution in [1.29, 1.82) is 0 Å². The molecule has 0 saturated carbocycles. The highest BCUT2D eigenvalue weighted by Crippen LogP contribution is 2.21. The minimum absolute atomic E-state index is 0.137. The van der Waals surface area contributed by atoms with Gasteiger partial charge in [0.1, 0.15) is 0 Å². The van der Waals surface area contributed by atoms with Gasteiger partial charge in [-0.2, -0.15) is 0 Å². The summed E-state index contributed by atoms with van der Waals surface area (Å²) in [6.07, 6.45) is 1.20. The van der Waals surface area contributed by atoms with Crippen molar-refractivity contribution in [1.82, 2.24) is 10.2 Å². The zero-order chi connectivity index (χ0) is 20.0. The third kappa shape index (κ3) is 6.37. The fraction of sp³-hybridized carbons (Fsp3) is 0.350. The molecule has 0 aliphatic carbocycles. The molecule has 0 unspecified atom stereocenters. The number of hydrogen-bond donors (Lipinski definition) is 1. The zero-order valence-electron chi connectivity index (χ0n) is 16.3. The third-order valence-corrected chi connectivity index (χ3v) is 5.22. The van der Waals surface area contributed by atoms with Gasteiger partial charge in [-0.25, -0.2) is 8.42 Å². The maximum atomic E-state index is 12.3. The predicted octanol–water partition coefficient (Wildman–Crippen LogP) is 2.25. The van der Waals surface area contributed by atoms with E-state index in [1.54, 1.807) is 30.3 Å². The van der Waals surface area contributed by atoms with Crippen molar-refractivity contribution in [2.75, 3.05) is 37.7 Å². The number of anilines is 1. The number of nitrogens with zero attached hydrogens (tertiary/aromatic N) is 2. The average Bonchev–Trinajstić information content (AvgIpc) is 2.58. The van der Waals surface area contributed by atoms with Gasteiger partial charge >= 0.3 is 0 Å². The first kappa shape index (κ1) is 20.9. The first-order valence-corrected chi connectivity index (χ1v) is 10.6. The molecule has 7 heteroatoms. The number of nitrogens with one attached hydrogen (secondary N) is 1. The van der Waals surface area contributed by atoms with Crippen LogP contribution < -0.4 is 9.62 Å². The van der Waals surface area contributed by atoms with Crippen LogP contribution in [0.4, 0.5) is 5.69 Å². The van der Waals surface area contributed by atoms with Gasteiger partial charge in [-0.15, -0.1) is 0 Å². The maximum Gasteiger partial charge on any atom is 0.251 e. The smallest absolute Gasteiger partial charge is 0.251 e. The van der Waals surface area contributed by atoms with Crippen molar-refractivity contribution < 1.29 is 13.2 Å². The van der Waals surface area contributed by atoms with Gasteiger partial charge in [0.2, 0.25) is 10.0 Å². The molecule has 146 valence electrons. The Bertz CT molecular complexity index is 878. The second kappa shape index (κ2) is 9.01. The summed E-state index contributed by atoms with van der Waals surface area (Å²) < 4.78 is 25.9. The molecular weight excluding hydrogens is 362 g/mol. The molecular formula is C20H27N3O3S. The Balaban J connectivity index is 2.12. The standard InChI is InChI=1S/C20H27N3O3S/c1-16-6-5-7-19(14-16)23(27(4,25)26)15-17-8-10-18(11-9-17)20(24)21-12-13-22(2)3/h5-11,14H,12-13,15H2,1-4H3,(H,21,24). The van der Waals surface area contributed by atoms with Crippen LogP contribution in [0.1, 0.15) is 21.5 Å². The molecule has 6 nitrogen and oxygen atoms in total. The SMILES string of the molecule is Cc1cccc(N(Cc2ccc(C(=O)NCCN(C)C)cc2)S(C)(=O)=O)c1. The second-order valence-electron chi connectivity index (χ2n) is 6.86. The lowest BCUT2D eigenvalue weighted by Gasteiger charge is -2.23. The number of aryl methyl sites for hydroxylation is 1. The molecule has 0 bridgehead atoms. The number of sulfonamides is 1. The molecule has 0 fully saturated rings. The topological polar surface area (TPSA) is 69.7 Å². The quantitative estimate of drug-likeness (QED) is 0.752. The Labute approximate surface area is 161 Å².